The van der Waals surface area contributed by atoms with Gasteiger partial charge in [0.05, 0.1) is 0 Å². The second kappa shape index (κ2) is 8.62. The summed E-state index contributed by atoms with van der Waals surface area (Å²) in [5, 5.41) is 3.49. The SMILES string of the molecule is Cl.O=S(=O)(c1ccccc1OC(F)F)N1CCC(NCC2CC2)CC1. The lowest BCUT2D eigenvalue weighted by molar-refractivity contribution is -0.0518. The molecule has 1 heterocycles. The van der Waals surface area contributed by atoms with Crippen LogP contribution in [0.3, 0.4) is 0 Å². The highest BCUT2D eigenvalue weighted by Gasteiger charge is 2.32. The number of halogens is 3. The Morgan fingerprint density at radius 2 is 1.80 bits per heavy atom. The molecule has 3 rings (SSSR count). The van der Waals surface area contributed by atoms with Crippen LogP contribution in [-0.2, 0) is 10.0 Å². The first-order valence-corrected chi connectivity index (χ1v) is 9.68. The molecule has 0 spiro atoms. The molecule has 0 amide bonds. The van der Waals surface area contributed by atoms with Crippen molar-refractivity contribution in [3.63, 3.8) is 0 Å². The maximum atomic E-state index is 12.8. The van der Waals surface area contributed by atoms with Crippen molar-refractivity contribution in [2.45, 2.75) is 43.2 Å². The second-order valence-electron chi connectivity index (χ2n) is 6.36. The quantitative estimate of drug-likeness (QED) is 0.770. The van der Waals surface area contributed by atoms with Gasteiger partial charge in [-0.15, -0.1) is 12.4 Å². The molecule has 0 aromatic heterocycles. The molecule has 0 bridgehead atoms. The first-order chi connectivity index (χ1) is 11.5. The minimum atomic E-state index is -3.83. The van der Waals surface area contributed by atoms with Crippen molar-refractivity contribution < 1.29 is 21.9 Å². The van der Waals surface area contributed by atoms with E-state index in [2.05, 4.69) is 10.1 Å². The van der Waals surface area contributed by atoms with E-state index in [9.17, 15) is 17.2 Å². The number of para-hydroxylation sites is 1. The standard InChI is InChI=1S/C16H22F2N2O3S.ClH/c17-16(18)23-14-3-1-2-4-15(14)24(21,22)20-9-7-13(8-10-20)19-11-12-5-6-12;/h1-4,12-13,16,19H,5-11H2;1H. The average Bonchev–Trinajstić information content (AvgIpc) is 3.37. The number of alkyl halides is 2. The minimum Gasteiger partial charge on any atom is -0.433 e. The first-order valence-electron chi connectivity index (χ1n) is 8.24. The van der Waals surface area contributed by atoms with Crippen molar-refractivity contribution in [1.29, 1.82) is 0 Å². The monoisotopic (exact) mass is 396 g/mol. The third-order valence-corrected chi connectivity index (χ3v) is 6.47. The normalized spacial score (nSPS) is 19.6. The summed E-state index contributed by atoms with van der Waals surface area (Å²) in [6.45, 7) is -1.29. The van der Waals surface area contributed by atoms with Crippen LogP contribution in [0.15, 0.2) is 29.2 Å². The summed E-state index contributed by atoms with van der Waals surface area (Å²) in [6, 6.07) is 5.87. The number of nitrogens with one attached hydrogen (secondary N) is 1. The Hall–Kier alpha value is -0.960. The predicted octanol–water partition coefficient (Wildman–Crippen LogP) is 2.86. The van der Waals surface area contributed by atoms with Gasteiger partial charge in [-0.1, -0.05) is 12.1 Å². The van der Waals surface area contributed by atoms with Crippen LogP contribution >= 0.6 is 12.4 Å². The highest BCUT2D eigenvalue weighted by Crippen LogP contribution is 2.30. The van der Waals surface area contributed by atoms with Crippen molar-refractivity contribution >= 4 is 22.4 Å². The van der Waals surface area contributed by atoms with Gasteiger partial charge in [-0.25, -0.2) is 8.42 Å². The summed E-state index contributed by atoms with van der Waals surface area (Å²) >= 11 is 0. The van der Waals surface area contributed by atoms with Crippen molar-refractivity contribution in [2.24, 2.45) is 5.92 Å². The molecule has 1 saturated heterocycles. The van der Waals surface area contributed by atoms with Gasteiger partial charge >= 0.3 is 6.61 Å². The Balaban J connectivity index is 0.00000225. The van der Waals surface area contributed by atoms with Crippen LogP contribution in [-0.4, -0.2) is 45.0 Å². The van der Waals surface area contributed by atoms with E-state index in [1.807, 2.05) is 0 Å². The summed E-state index contributed by atoms with van der Waals surface area (Å²) in [6.07, 6.45) is 4.01. The molecule has 1 aromatic rings. The number of sulfonamides is 1. The highest BCUT2D eigenvalue weighted by molar-refractivity contribution is 7.89. The number of nitrogens with zero attached hydrogens (tertiary/aromatic N) is 1. The number of hydrogen-bond donors (Lipinski definition) is 1. The van der Waals surface area contributed by atoms with Crippen molar-refractivity contribution in [3.05, 3.63) is 24.3 Å². The highest BCUT2D eigenvalue weighted by atomic mass is 35.5. The van der Waals surface area contributed by atoms with Crippen LogP contribution in [0.5, 0.6) is 5.75 Å². The number of benzene rings is 1. The fourth-order valence-corrected chi connectivity index (χ4v) is 4.54. The number of hydrogen-bond acceptors (Lipinski definition) is 4. The van der Waals surface area contributed by atoms with Crippen LogP contribution in [0, 0.1) is 5.92 Å². The van der Waals surface area contributed by atoms with E-state index in [-0.39, 0.29) is 23.1 Å². The Bertz CT molecular complexity index is 663. The Morgan fingerprint density at radius 3 is 2.40 bits per heavy atom. The van der Waals surface area contributed by atoms with Gasteiger partial charge in [0, 0.05) is 19.1 Å². The lowest BCUT2D eigenvalue weighted by Gasteiger charge is -2.32. The molecule has 1 aliphatic heterocycles. The van der Waals surface area contributed by atoms with E-state index in [1.165, 1.54) is 41.4 Å². The number of ether oxygens (including phenoxy) is 1. The molecule has 0 unspecified atom stereocenters. The van der Waals surface area contributed by atoms with E-state index < -0.39 is 16.6 Å². The van der Waals surface area contributed by atoms with Gasteiger partial charge in [-0.2, -0.15) is 13.1 Å². The maximum absolute atomic E-state index is 12.8. The lowest BCUT2D eigenvalue weighted by Crippen LogP contribution is -2.45. The summed E-state index contributed by atoms with van der Waals surface area (Å²) in [5.74, 6) is 0.478. The molecule has 1 N–H and O–H groups in total. The van der Waals surface area contributed by atoms with Crippen LogP contribution in [0.1, 0.15) is 25.7 Å². The largest absolute Gasteiger partial charge is 0.433 e. The van der Waals surface area contributed by atoms with Gasteiger partial charge in [0.15, 0.2) is 0 Å². The maximum Gasteiger partial charge on any atom is 0.387 e. The Morgan fingerprint density at radius 1 is 1.16 bits per heavy atom. The second-order valence-corrected chi connectivity index (χ2v) is 8.26. The zero-order chi connectivity index (χ0) is 17.2. The van der Waals surface area contributed by atoms with Gasteiger partial charge < -0.3 is 10.1 Å². The Labute approximate surface area is 153 Å². The van der Waals surface area contributed by atoms with Gasteiger partial charge in [0.25, 0.3) is 0 Å². The molecule has 0 atom stereocenters. The van der Waals surface area contributed by atoms with Gasteiger partial charge in [0.1, 0.15) is 10.6 Å². The number of piperidine rings is 1. The molecule has 142 valence electrons. The van der Waals surface area contributed by atoms with E-state index in [0.717, 1.165) is 25.3 Å². The van der Waals surface area contributed by atoms with Crippen LogP contribution in [0.25, 0.3) is 0 Å². The van der Waals surface area contributed by atoms with Gasteiger partial charge in [0.2, 0.25) is 10.0 Å². The third-order valence-electron chi connectivity index (χ3n) is 4.53. The molecule has 9 heteroatoms. The summed E-state index contributed by atoms with van der Waals surface area (Å²) in [7, 11) is -3.83. The van der Waals surface area contributed by atoms with Gasteiger partial charge in [-0.05, 0) is 50.3 Å². The molecule has 0 radical (unpaired) electrons. The average molecular weight is 397 g/mol. The van der Waals surface area contributed by atoms with Crippen molar-refractivity contribution in [1.82, 2.24) is 9.62 Å². The predicted molar refractivity (Wildman–Crippen MR) is 92.8 cm³/mol. The smallest absolute Gasteiger partial charge is 0.387 e. The zero-order valence-corrected chi connectivity index (χ0v) is 15.4. The van der Waals surface area contributed by atoms with Crippen LogP contribution in [0.2, 0.25) is 0 Å². The summed E-state index contributed by atoms with van der Waals surface area (Å²) in [4.78, 5) is -0.199. The molecular formula is C16H23ClF2N2O3S. The molecule has 2 fully saturated rings. The fraction of sp³-hybridized carbons (Fsp3) is 0.625. The summed E-state index contributed by atoms with van der Waals surface area (Å²) < 4.78 is 56.2. The molecule has 5 nitrogen and oxygen atoms in total. The number of rotatable bonds is 7. The van der Waals surface area contributed by atoms with E-state index in [0.29, 0.717) is 19.1 Å². The van der Waals surface area contributed by atoms with Crippen molar-refractivity contribution in [2.75, 3.05) is 19.6 Å². The van der Waals surface area contributed by atoms with Crippen LogP contribution < -0.4 is 10.1 Å². The topological polar surface area (TPSA) is 58.6 Å². The molecule has 2 aliphatic rings. The first kappa shape index (κ1) is 20.4. The van der Waals surface area contributed by atoms with Crippen molar-refractivity contribution in [3.8, 4) is 5.75 Å². The van der Waals surface area contributed by atoms with E-state index >= 15 is 0 Å². The molecular weight excluding hydrogens is 374 g/mol. The Kier molecular flexibility index (Phi) is 7.01. The van der Waals surface area contributed by atoms with E-state index in [1.54, 1.807) is 0 Å². The van der Waals surface area contributed by atoms with E-state index in [4.69, 9.17) is 0 Å². The van der Waals surface area contributed by atoms with Crippen LogP contribution in [0.4, 0.5) is 8.78 Å². The zero-order valence-electron chi connectivity index (χ0n) is 13.7. The summed E-state index contributed by atoms with van der Waals surface area (Å²) in [5.41, 5.74) is 0. The fourth-order valence-electron chi connectivity index (χ4n) is 2.95. The minimum absolute atomic E-state index is 0. The molecule has 1 aliphatic carbocycles. The third kappa shape index (κ3) is 5.26. The molecule has 1 saturated carbocycles. The van der Waals surface area contributed by atoms with Gasteiger partial charge in [-0.3, -0.25) is 0 Å². The lowest BCUT2D eigenvalue weighted by atomic mass is 10.1. The molecule has 25 heavy (non-hydrogen) atoms. The molecule has 1 aromatic carbocycles.